The molecule has 1 amide bonds. The molecule has 6 heteroatoms. The number of phenolic OH excluding ortho intramolecular Hbond substituents is 3. The minimum atomic E-state index is -0.634. The summed E-state index contributed by atoms with van der Waals surface area (Å²) in [6.45, 7) is 2.00. The molecule has 0 radical (unpaired) electrons. The molecular weight excluding hydrogens is 320 g/mol. The first-order chi connectivity index (χ1) is 11.9. The van der Waals surface area contributed by atoms with E-state index in [1.54, 1.807) is 0 Å². The molecular formula is C19H24N2O4. The number of phenols is 3. The minimum absolute atomic E-state index is 0.0508. The monoisotopic (exact) mass is 344 g/mol. The normalized spacial score (nSPS) is 33.5. The Morgan fingerprint density at radius 1 is 1.04 bits per heavy atom. The third-order valence-corrected chi connectivity index (χ3v) is 6.46. The number of hydrazone groups is 1. The first kappa shape index (κ1) is 16.2. The van der Waals surface area contributed by atoms with Gasteiger partial charge in [-0.1, -0.05) is 0 Å². The van der Waals surface area contributed by atoms with Crippen molar-refractivity contribution in [2.24, 2.45) is 28.3 Å². The number of nitrogens with zero attached hydrogens (tertiary/aromatic N) is 1. The number of aromatic hydroxyl groups is 3. The predicted molar refractivity (Wildman–Crippen MR) is 92.6 cm³/mol. The molecule has 0 saturated heterocycles. The van der Waals surface area contributed by atoms with Gasteiger partial charge < -0.3 is 15.3 Å². The summed E-state index contributed by atoms with van der Waals surface area (Å²) < 4.78 is 0. The summed E-state index contributed by atoms with van der Waals surface area (Å²) in [5.74, 6) is 0.188. The first-order valence-corrected chi connectivity index (χ1v) is 8.96. The summed E-state index contributed by atoms with van der Waals surface area (Å²) in [7, 11) is 0. The third-order valence-electron chi connectivity index (χ3n) is 6.46. The smallest absolute Gasteiger partial charge is 0.271 e. The van der Waals surface area contributed by atoms with Crippen molar-refractivity contribution < 1.29 is 20.1 Å². The minimum Gasteiger partial charge on any atom is -0.504 e. The zero-order valence-electron chi connectivity index (χ0n) is 14.3. The molecule has 5 rings (SSSR count). The van der Waals surface area contributed by atoms with E-state index < -0.39 is 23.2 Å². The second-order valence-corrected chi connectivity index (χ2v) is 8.20. The van der Waals surface area contributed by atoms with E-state index in [4.69, 9.17) is 0 Å². The summed E-state index contributed by atoms with van der Waals surface area (Å²) in [5, 5.41) is 32.8. The summed E-state index contributed by atoms with van der Waals surface area (Å²) in [5.41, 5.74) is 3.70. The van der Waals surface area contributed by atoms with Crippen LogP contribution >= 0.6 is 0 Å². The zero-order chi connectivity index (χ0) is 17.8. The molecule has 0 aliphatic heterocycles. The van der Waals surface area contributed by atoms with E-state index in [0.717, 1.165) is 35.6 Å². The molecule has 4 N–H and O–H groups in total. The van der Waals surface area contributed by atoms with Gasteiger partial charge in [0.25, 0.3) is 5.91 Å². The molecule has 4 fully saturated rings. The fourth-order valence-electron chi connectivity index (χ4n) is 5.61. The summed E-state index contributed by atoms with van der Waals surface area (Å²) in [4.78, 5) is 12.3. The molecule has 4 aliphatic rings. The van der Waals surface area contributed by atoms with Gasteiger partial charge in [-0.15, -0.1) is 0 Å². The number of nitrogens with one attached hydrogen (secondary N) is 1. The van der Waals surface area contributed by atoms with Crippen LogP contribution in [-0.4, -0.2) is 26.9 Å². The highest BCUT2D eigenvalue weighted by atomic mass is 16.3. The Hall–Kier alpha value is -2.24. The van der Waals surface area contributed by atoms with Gasteiger partial charge in [-0.25, -0.2) is 5.43 Å². The number of carbonyl (C=O) groups excluding carboxylic acids is 1. The molecule has 0 spiro atoms. The number of amides is 1. The van der Waals surface area contributed by atoms with Gasteiger partial charge in [-0.3, -0.25) is 4.79 Å². The number of rotatable bonds is 3. The van der Waals surface area contributed by atoms with E-state index in [0.29, 0.717) is 0 Å². The fraction of sp³-hybridized carbons (Fsp3) is 0.579. The van der Waals surface area contributed by atoms with Crippen molar-refractivity contribution in [2.45, 2.75) is 45.4 Å². The lowest BCUT2D eigenvalue weighted by molar-refractivity contribution is -0.0128. The van der Waals surface area contributed by atoms with Crippen molar-refractivity contribution in [3.05, 3.63) is 17.7 Å². The van der Waals surface area contributed by atoms with Crippen LogP contribution in [0.15, 0.2) is 17.2 Å². The maximum absolute atomic E-state index is 12.3. The Morgan fingerprint density at radius 2 is 1.52 bits per heavy atom. The van der Waals surface area contributed by atoms with Crippen LogP contribution in [0.2, 0.25) is 0 Å². The second kappa shape index (κ2) is 5.64. The van der Waals surface area contributed by atoms with E-state index in [2.05, 4.69) is 10.5 Å². The van der Waals surface area contributed by atoms with E-state index in [1.807, 2.05) is 6.92 Å². The molecule has 0 unspecified atom stereocenters. The molecule has 1 aromatic carbocycles. The molecule has 0 atom stereocenters. The lowest BCUT2D eigenvalue weighted by Gasteiger charge is -2.56. The zero-order valence-corrected chi connectivity index (χ0v) is 14.3. The van der Waals surface area contributed by atoms with Gasteiger partial charge in [-0.2, -0.15) is 5.10 Å². The van der Waals surface area contributed by atoms with Crippen molar-refractivity contribution in [3.8, 4) is 17.2 Å². The summed E-state index contributed by atoms with van der Waals surface area (Å²) in [6.07, 6.45) is 7.57. The van der Waals surface area contributed by atoms with E-state index in [1.165, 1.54) is 38.5 Å². The van der Waals surface area contributed by atoms with Gasteiger partial charge in [0.2, 0.25) is 0 Å². The predicted octanol–water partition coefficient (Wildman–Crippen LogP) is 3.13. The highest BCUT2D eigenvalue weighted by Crippen LogP contribution is 2.60. The van der Waals surface area contributed by atoms with E-state index >= 15 is 0 Å². The van der Waals surface area contributed by atoms with E-state index in [9.17, 15) is 20.1 Å². The molecule has 6 nitrogen and oxygen atoms in total. The van der Waals surface area contributed by atoms with Gasteiger partial charge in [0.15, 0.2) is 17.2 Å². The topological polar surface area (TPSA) is 102 Å². The van der Waals surface area contributed by atoms with E-state index in [-0.39, 0.29) is 11.0 Å². The van der Waals surface area contributed by atoms with Crippen LogP contribution in [0.1, 0.15) is 55.8 Å². The largest absolute Gasteiger partial charge is 0.504 e. The standard InChI is InChI=1S/C19H24N2O4/c1-10(19-7-11-2-12(8-19)4-13(3-11)9-19)20-21-18(25)14-5-15(22)17(24)16(23)6-14/h5-6,11-13,22-24H,2-4,7-9H2,1H3,(H,21,25)/b20-10+. The lowest BCUT2D eigenvalue weighted by atomic mass is 9.48. The summed E-state index contributed by atoms with van der Waals surface area (Å²) >= 11 is 0. The van der Waals surface area contributed by atoms with Gasteiger partial charge in [-0.05, 0) is 75.3 Å². The maximum atomic E-state index is 12.3. The van der Waals surface area contributed by atoms with Gasteiger partial charge >= 0.3 is 0 Å². The molecule has 134 valence electrons. The molecule has 0 aromatic heterocycles. The van der Waals surface area contributed by atoms with Crippen LogP contribution in [0.4, 0.5) is 0 Å². The van der Waals surface area contributed by atoms with Crippen LogP contribution in [-0.2, 0) is 0 Å². The van der Waals surface area contributed by atoms with Gasteiger partial charge in [0.1, 0.15) is 0 Å². The van der Waals surface area contributed by atoms with Gasteiger partial charge in [0, 0.05) is 16.7 Å². The Morgan fingerprint density at radius 3 is 2.00 bits per heavy atom. The maximum Gasteiger partial charge on any atom is 0.271 e. The Balaban J connectivity index is 1.51. The van der Waals surface area contributed by atoms with Crippen LogP contribution in [0.5, 0.6) is 17.2 Å². The highest BCUT2D eigenvalue weighted by molar-refractivity contribution is 5.97. The SMILES string of the molecule is C/C(=N\NC(=O)c1cc(O)c(O)c(O)c1)C12CC3CC(CC(C3)C1)C2. The average molecular weight is 344 g/mol. The summed E-state index contributed by atoms with van der Waals surface area (Å²) in [6, 6.07) is 2.22. The molecule has 25 heavy (non-hydrogen) atoms. The molecule has 0 heterocycles. The number of benzene rings is 1. The average Bonchev–Trinajstić information content (AvgIpc) is 2.55. The fourth-order valence-corrected chi connectivity index (χ4v) is 5.61. The van der Waals surface area contributed by atoms with Gasteiger partial charge in [0.05, 0.1) is 0 Å². The van der Waals surface area contributed by atoms with Crippen molar-refractivity contribution in [3.63, 3.8) is 0 Å². The molecule has 1 aromatic rings. The Kier molecular flexibility index (Phi) is 3.67. The number of carbonyl (C=O) groups is 1. The molecule has 4 bridgehead atoms. The van der Waals surface area contributed by atoms with Crippen molar-refractivity contribution in [2.75, 3.05) is 0 Å². The first-order valence-electron chi connectivity index (χ1n) is 8.96. The Bertz CT molecular complexity index is 698. The van der Waals surface area contributed by atoms with Crippen molar-refractivity contribution in [1.29, 1.82) is 0 Å². The Labute approximate surface area is 146 Å². The highest BCUT2D eigenvalue weighted by Gasteiger charge is 2.52. The van der Waals surface area contributed by atoms with Crippen LogP contribution in [0, 0.1) is 23.2 Å². The third kappa shape index (κ3) is 2.73. The molecule has 4 aliphatic carbocycles. The lowest BCUT2D eigenvalue weighted by Crippen LogP contribution is -2.49. The number of hydrogen-bond acceptors (Lipinski definition) is 5. The second-order valence-electron chi connectivity index (χ2n) is 8.20. The van der Waals surface area contributed by atoms with Crippen molar-refractivity contribution >= 4 is 11.6 Å². The molecule has 4 saturated carbocycles. The van der Waals surface area contributed by atoms with Crippen molar-refractivity contribution in [1.82, 2.24) is 5.43 Å². The quantitative estimate of drug-likeness (QED) is 0.384. The number of hydrogen-bond donors (Lipinski definition) is 4. The van der Waals surface area contributed by atoms with Crippen LogP contribution < -0.4 is 5.43 Å². The van der Waals surface area contributed by atoms with Crippen LogP contribution in [0.3, 0.4) is 0 Å². The van der Waals surface area contributed by atoms with Crippen LogP contribution in [0.25, 0.3) is 0 Å².